The van der Waals surface area contributed by atoms with Gasteiger partial charge < -0.3 is 14.8 Å². The summed E-state index contributed by atoms with van der Waals surface area (Å²) in [6.45, 7) is 4.02. The Balaban J connectivity index is 0.00000121. The third kappa shape index (κ3) is 3.40. The number of amides is 1. The molecule has 0 radical (unpaired) electrons. The molecule has 1 aliphatic rings. The summed E-state index contributed by atoms with van der Waals surface area (Å²) in [6.07, 6.45) is 5.26. The molecule has 8 nitrogen and oxygen atoms in total. The molecule has 2 N–H and O–H groups in total. The fourth-order valence-electron chi connectivity index (χ4n) is 3.18. The molecule has 1 unspecified atom stereocenters. The first-order valence-electron chi connectivity index (χ1n) is 7.95. The molecular formula is C16H21Cl2N7O. The third-order valence-corrected chi connectivity index (χ3v) is 4.51. The Bertz CT molecular complexity index is 907. The molecule has 3 aromatic heterocycles. The van der Waals surface area contributed by atoms with Gasteiger partial charge in [-0.3, -0.25) is 9.89 Å². The molecule has 0 saturated carbocycles. The highest BCUT2D eigenvalue weighted by Gasteiger charge is 2.31. The summed E-state index contributed by atoms with van der Waals surface area (Å²) in [7, 11) is 1.95. The van der Waals surface area contributed by atoms with Crippen LogP contribution in [0.5, 0.6) is 0 Å². The first-order valence-corrected chi connectivity index (χ1v) is 7.95. The minimum absolute atomic E-state index is 0. The zero-order chi connectivity index (χ0) is 16.7. The fourth-order valence-corrected chi connectivity index (χ4v) is 3.18. The maximum atomic E-state index is 13.1. The van der Waals surface area contributed by atoms with Crippen LogP contribution in [-0.4, -0.2) is 55.2 Å². The maximum absolute atomic E-state index is 13.1. The topological polar surface area (TPSA) is 91.7 Å². The summed E-state index contributed by atoms with van der Waals surface area (Å²) in [4.78, 5) is 23.7. The van der Waals surface area contributed by atoms with Gasteiger partial charge in [0.2, 0.25) is 0 Å². The lowest BCUT2D eigenvalue weighted by Gasteiger charge is -2.35. The van der Waals surface area contributed by atoms with Crippen molar-refractivity contribution in [1.82, 2.24) is 34.9 Å². The number of halogens is 2. The molecule has 1 fully saturated rings. The van der Waals surface area contributed by atoms with E-state index in [1.54, 1.807) is 12.4 Å². The van der Waals surface area contributed by atoms with Crippen LogP contribution in [0.2, 0.25) is 0 Å². The van der Waals surface area contributed by atoms with Gasteiger partial charge in [0.05, 0.1) is 5.56 Å². The van der Waals surface area contributed by atoms with E-state index in [0.717, 1.165) is 23.4 Å². The van der Waals surface area contributed by atoms with Gasteiger partial charge in [-0.2, -0.15) is 5.10 Å². The number of rotatable bonds is 2. The highest BCUT2D eigenvalue weighted by Crippen LogP contribution is 2.24. The van der Waals surface area contributed by atoms with Gasteiger partial charge in [-0.05, 0) is 13.0 Å². The number of carbonyl (C=O) groups excluding carboxylic acids is 1. The van der Waals surface area contributed by atoms with E-state index >= 15 is 0 Å². The Labute approximate surface area is 163 Å². The van der Waals surface area contributed by atoms with Crippen molar-refractivity contribution in [3.05, 3.63) is 41.7 Å². The van der Waals surface area contributed by atoms with Gasteiger partial charge in [-0.1, -0.05) is 0 Å². The van der Waals surface area contributed by atoms with E-state index in [2.05, 4.69) is 25.5 Å². The molecule has 0 bridgehead atoms. The van der Waals surface area contributed by atoms with Crippen molar-refractivity contribution >= 4 is 41.8 Å². The summed E-state index contributed by atoms with van der Waals surface area (Å²) in [6, 6.07) is 1.77. The molecule has 1 saturated heterocycles. The summed E-state index contributed by atoms with van der Waals surface area (Å²) in [5, 5.41) is 11.2. The zero-order valence-corrected chi connectivity index (χ0v) is 16.1. The summed E-state index contributed by atoms with van der Waals surface area (Å²) < 4.78 is 1.96. The second kappa shape index (κ2) is 8.03. The molecule has 10 heteroatoms. The zero-order valence-electron chi connectivity index (χ0n) is 14.5. The highest BCUT2D eigenvalue weighted by atomic mass is 35.5. The molecule has 4 rings (SSSR count). The SMILES string of the molecule is Cc1[nH]nc2ncc(C(=O)N3CCNCC3c3nccn3C)cc12.Cl.Cl. The number of aromatic amines is 1. The Morgan fingerprint density at radius 2 is 2.12 bits per heavy atom. The van der Waals surface area contributed by atoms with Crippen LogP contribution in [0.4, 0.5) is 0 Å². The van der Waals surface area contributed by atoms with Crippen LogP contribution < -0.4 is 5.32 Å². The first-order chi connectivity index (χ1) is 11.6. The van der Waals surface area contributed by atoms with Gasteiger partial charge in [0.1, 0.15) is 11.9 Å². The smallest absolute Gasteiger partial charge is 0.256 e. The predicted octanol–water partition coefficient (Wildman–Crippen LogP) is 1.63. The van der Waals surface area contributed by atoms with Crippen LogP contribution in [-0.2, 0) is 7.05 Å². The van der Waals surface area contributed by atoms with Crippen LogP contribution in [0.15, 0.2) is 24.7 Å². The molecule has 3 aromatic rings. The number of fused-ring (bicyclic) bond motifs is 1. The number of pyridine rings is 1. The number of piperazine rings is 1. The molecule has 1 atom stereocenters. The van der Waals surface area contributed by atoms with Gasteiger partial charge in [-0.25, -0.2) is 9.97 Å². The molecule has 26 heavy (non-hydrogen) atoms. The third-order valence-electron chi connectivity index (χ3n) is 4.51. The number of imidazole rings is 1. The number of aromatic nitrogens is 5. The second-order valence-electron chi connectivity index (χ2n) is 6.06. The number of nitrogens with one attached hydrogen (secondary N) is 2. The number of hydrogen-bond acceptors (Lipinski definition) is 5. The van der Waals surface area contributed by atoms with Crippen LogP contribution in [0.1, 0.15) is 27.9 Å². The lowest BCUT2D eigenvalue weighted by Crippen LogP contribution is -2.49. The van der Waals surface area contributed by atoms with E-state index in [9.17, 15) is 4.79 Å². The largest absolute Gasteiger partial charge is 0.336 e. The first kappa shape index (κ1) is 20.2. The molecule has 140 valence electrons. The number of carbonyl (C=O) groups is 1. The quantitative estimate of drug-likeness (QED) is 0.685. The Hall–Kier alpha value is -2.16. The molecule has 0 aromatic carbocycles. The molecular weight excluding hydrogens is 377 g/mol. The van der Waals surface area contributed by atoms with E-state index in [0.29, 0.717) is 24.3 Å². The molecule has 1 amide bonds. The van der Waals surface area contributed by atoms with E-state index in [-0.39, 0.29) is 36.8 Å². The fraction of sp³-hybridized carbons (Fsp3) is 0.375. The van der Waals surface area contributed by atoms with E-state index in [1.165, 1.54) is 0 Å². The van der Waals surface area contributed by atoms with Crippen molar-refractivity contribution in [2.75, 3.05) is 19.6 Å². The summed E-state index contributed by atoms with van der Waals surface area (Å²) in [5.74, 6) is 0.851. The van der Waals surface area contributed by atoms with Crippen LogP contribution >= 0.6 is 24.8 Å². The monoisotopic (exact) mass is 397 g/mol. The summed E-state index contributed by atoms with van der Waals surface area (Å²) in [5.41, 5.74) is 2.12. The van der Waals surface area contributed by atoms with Gasteiger partial charge in [0.15, 0.2) is 5.65 Å². The van der Waals surface area contributed by atoms with E-state index in [4.69, 9.17) is 0 Å². The summed E-state index contributed by atoms with van der Waals surface area (Å²) >= 11 is 0. The van der Waals surface area contributed by atoms with Gasteiger partial charge >= 0.3 is 0 Å². The van der Waals surface area contributed by atoms with Crippen LogP contribution in [0.3, 0.4) is 0 Å². The minimum Gasteiger partial charge on any atom is -0.336 e. The van der Waals surface area contributed by atoms with Crippen molar-refractivity contribution in [3.63, 3.8) is 0 Å². The van der Waals surface area contributed by atoms with E-state index < -0.39 is 0 Å². The van der Waals surface area contributed by atoms with Gasteiger partial charge in [0.25, 0.3) is 5.91 Å². The Morgan fingerprint density at radius 3 is 2.85 bits per heavy atom. The highest BCUT2D eigenvalue weighted by molar-refractivity contribution is 5.97. The van der Waals surface area contributed by atoms with Crippen molar-refractivity contribution in [2.45, 2.75) is 13.0 Å². The number of nitrogens with zero attached hydrogens (tertiary/aromatic N) is 5. The predicted molar refractivity (Wildman–Crippen MR) is 103 cm³/mol. The van der Waals surface area contributed by atoms with E-state index in [1.807, 2.05) is 35.7 Å². The average molecular weight is 398 g/mol. The van der Waals surface area contributed by atoms with Crippen LogP contribution in [0, 0.1) is 6.92 Å². The van der Waals surface area contributed by atoms with Crippen molar-refractivity contribution in [2.24, 2.45) is 7.05 Å². The lowest BCUT2D eigenvalue weighted by molar-refractivity contribution is 0.0620. The second-order valence-corrected chi connectivity index (χ2v) is 6.06. The molecule has 0 spiro atoms. The van der Waals surface area contributed by atoms with Crippen molar-refractivity contribution in [3.8, 4) is 0 Å². The Kier molecular flexibility index (Phi) is 6.22. The van der Waals surface area contributed by atoms with Crippen molar-refractivity contribution < 1.29 is 4.79 Å². The normalized spacial score (nSPS) is 16.8. The minimum atomic E-state index is -0.0904. The number of hydrogen-bond donors (Lipinski definition) is 2. The van der Waals surface area contributed by atoms with Crippen molar-refractivity contribution in [1.29, 1.82) is 0 Å². The number of aryl methyl sites for hydroxylation is 2. The van der Waals surface area contributed by atoms with Gasteiger partial charge in [0, 0.05) is 56.4 Å². The number of H-pyrrole nitrogens is 1. The molecule has 1 aliphatic heterocycles. The Morgan fingerprint density at radius 1 is 1.31 bits per heavy atom. The standard InChI is InChI=1S/C16H19N7O.2ClH/c1-10-12-7-11(8-19-14(12)21-20-10)16(24)23-6-3-17-9-13(23)15-18-4-5-22(15)2;;/h4-5,7-8,13,17H,3,6,9H2,1-2H3,(H,19,20,21);2*1H. The average Bonchev–Trinajstić information content (AvgIpc) is 3.20. The molecule has 0 aliphatic carbocycles. The molecule has 4 heterocycles. The lowest BCUT2D eigenvalue weighted by atomic mass is 10.1. The van der Waals surface area contributed by atoms with Gasteiger partial charge in [-0.15, -0.1) is 24.8 Å². The maximum Gasteiger partial charge on any atom is 0.256 e. The van der Waals surface area contributed by atoms with Crippen LogP contribution in [0.25, 0.3) is 11.0 Å².